The van der Waals surface area contributed by atoms with E-state index in [0.717, 1.165) is 34.8 Å². The zero-order valence-electron chi connectivity index (χ0n) is 16.0. The van der Waals surface area contributed by atoms with E-state index in [2.05, 4.69) is 50.9 Å². The average molecular weight is 439 g/mol. The number of hydrogen-bond donors (Lipinski definition) is 1. The summed E-state index contributed by atoms with van der Waals surface area (Å²) in [7, 11) is 0. The van der Waals surface area contributed by atoms with Crippen molar-refractivity contribution in [3.63, 3.8) is 0 Å². The van der Waals surface area contributed by atoms with Crippen LogP contribution in [-0.4, -0.2) is 16.5 Å². The SMILES string of the molecule is CC(CCc1ccccc1)NC(=O)c1cn2c3c(cc(Br)cc3c1=O)CC2C. The first-order chi connectivity index (χ1) is 13.4. The second kappa shape index (κ2) is 7.55. The number of aromatic nitrogens is 1. The van der Waals surface area contributed by atoms with Gasteiger partial charge < -0.3 is 9.88 Å². The molecule has 0 saturated carbocycles. The molecule has 0 radical (unpaired) electrons. The van der Waals surface area contributed by atoms with E-state index < -0.39 is 0 Å². The van der Waals surface area contributed by atoms with Crippen molar-refractivity contribution >= 4 is 32.7 Å². The first-order valence-electron chi connectivity index (χ1n) is 9.66. The molecule has 1 amide bonds. The van der Waals surface area contributed by atoms with Crippen LogP contribution in [0.3, 0.4) is 0 Å². The molecule has 4 nitrogen and oxygen atoms in total. The molecular weight excluding hydrogens is 416 g/mol. The Labute approximate surface area is 172 Å². The summed E-state index contributed by atoms with van der Waals surface area (Å²) in [5, 5.41) is 3.62. The van der Waals surface area contributed by atoms with E-state index in [0.29, 0.717) is 5.39 Å². The van der Waals surface area contributed by atoms with Gasteiger partial charge in [0.1, 0.15) is 5.56 Å². The van der Waals surface area contributed by atoms with Gasteiger partial charge in [0.15, 0.2) is 0 Å². The molecular formula is C23H23BrN2O2. The molecule has 1 N–H and O–H groups in total. The van der Waals surface area contributed by atoms with Crippen LogP contribution in [0.15, 0.2) is 57.9 Å². The van der Waals surface area contributed by atoms with Crippen LogP contribution in [0.4, 0.5) is 0 Å². The van der Waals surface area contributed by atoms with Crippen molar-refractivity contribution in [3.8, 4) is 0 Å². The third kappa shape index (κ3) is 3.51. The molecule has 2 atom stereocenters. The molecule has 0 fully saturated rings. The Morgan fingerprint density at radius 1 is 1.29 bits per heavy atom. The lowest BCUT2D eigenvalue weighted by atomic mass is 10.1. The summed E-state index contributed by atoms with van der Waals surface area (Å²) in [6.07, 6.45) is 4.31. The molecule has 1 aliphatic heterocycles. The number of halogens is 1. The molecule has 28 heavy (non-hydrogen) atoms. The second-order valence-electron chi connectivity index (χ2n) is 7.69. The number of nitrogens with one attached hydrogen (secondary N) is 1. The highest BCUT2D eigenvalue weighted by molar-refractivity contribution is 9.10. The largest absolute Gasteiger partial charge is 0.349 e. The summed E-state index contributed by atoms with van der Waals surface area (Å²) in [5.41, 5.74) is 3.37. The number of rotatable bonds is 5. The van der Waals surface area contributed by atoms with Crippen molar-refractivity contribution < 1.29 is 4.79 Å². The maximum Gasteiger partial charge on any atom is 0.256 e. The van der Waals surface area contributed by atoms with Crippen LogP contribution in [0.25, 0.3) is 10.9 Å². The summed E-state index contributed by atoms with van der Waals surface area (Å²) in [6.45, 7) is 4.10. The van der Waals surface area contributed by atoms with Crippen LogP contribution < -0.4 is 10.7 Å². The number of carbonyl (C=O) groups excluding carboxylic acids is 1. The molecule has 2 aromatic carbocycles. The summed E-state index contributed by atoms with van der Waals surface area (Å²) in [6, 6.07) is 14.3. The quantitative estimate of drug-likeness (QED) is 0.630. The first kappa shape index (κ1) is 18.9. The van der Waals surface area contributed by atoms with Gasteiger partial charge in [-0.25, -0.2) is 0 Å². The number of hydrogen-bond acceptors (Lipinski definition) is 2. The average Bonchev–Trinajstić information content (AvgIpc) is 2.98. The van der Waals surface area contributed by atoms with Crippen LogP contribution >= 0.6 is 15.9 Å². The number of benzene rings is 2. The molecule has 4 rings (SSSR count). The van der Waals surface area contributed by atoms with Gasteiger partial charge in [0, 0.05) is 28.1 Å². The topological polar surface area (TPSA) is 51.1 Å². The Morgan fingerprint density at radius 2 is 2.04 bits per heavy atom. The minimum Gasteiger partial charge on any atom is -0.349 e. The summed E-state index contributed by atoms with van der Waals surface area (Å²) in [4.78, 5) is 25.9. The van der Waals surface area contributed by atoms with Gasteiger partial charge in [-0.3, -0.25) is 9.59 Å². The molecule has 0 bridgehead atoms. The molecule has 0 spiro atoms. The fourth-order valence-corrected chi connectivity index (χ4v) is 4.53. The predicted molar refractivity (Wildman–Crippen MR) is 116 cm³/mol. The Morgan fingerprint density at radius 3 is 2.79 bits per heavy atom. The van der Waals surface area contributed by atoms with E-state index in [1.165, 1.54) is 5.56 Å². The van der Waals surface area contributed by atoms with Crippen molar-refractivity contribution in [1.29, 1.82) is 0 Å². The van der Waals surface area contributed by atoms with E-state index in [4.69, 9.17) is 0 Å². The van der Waals surface area contributed by atoms with E-state index in [1.807, 2.05) is 31.2 Å². The van der Waals surface area contributed by atoms with Crippen molar-refractivity contribution in [2.24, 2.45) is 0 Å². The van der Waals surface area contributed by atoms with Gasteiger partial charge >= 0.3 is 0 Å². The zero-order chi connectivity index (χ0) is 19.8. The lowest BCUT2D eigenvalue weighted by molar-refractivity contribution is 0.0936. The highest BCUT2D eigenvalue weighted by Gasteiger charge is 2.25. The molecule has 3 aromatic rings. The number of aryl methyl sites for hydroxylation is 1. The van der Waals surface area contributed by atoms with E-state index in [-0.39, 0.29) is 29.0 Å². The summed E-state index contributed by atoms with van der Waals surface area (Å²) < 4.78 is 2.95. The van der Waals surface area contributed by atoms with Crippen LogP contribution in [0.2, 0.25) is 0 Å². The smallest absolute Gasteiger partial charge is 0.256 e. The fraction of sp³-hybridized carbons (Fsp3) is 0.304. The highest BCUT2D eigenvalue weighted by Crippen LogP contribution is 2.33. The minimum atomic E-state index is -0.295. The van der Waals surface area contributed by atoms with E-state index in [1.54, 1.807) is 6.20 Å². The van der Waals surface area contributed by atoms with Gasteiger partial charge in [0.2, 0.25) is 5.43 Å². The molecule has 144 valence electrons. The van der Waals surface area contributed by atoms with Crippen molar-refractivity contribution in [1.82, 2.24) is 9.88 Å². The standard InChI is InChI=1S/C23H23BrN2O2/c1-14(8-9-16-6-4-3-5-7-16)25-23(28)20-13-26-15(2)10-17-11-18(24)12-19(21(17)26)22(20)27/h3-7,11-15H,8-10H2,1-2H3,(H,25,28). The Balaban J connectivity index is 1.58. The number of pyridine rings is 1. The number of carbonyl (C=O) groups is 1. The number of amides is 1. The molecule has 2 unspecified atom stereocenters. The fourth-order valence-electron chi connectivity index (χ4n) is 4.02. The highest BCUT2D eigenvalue weighted by atomic mass is 79.9. The Bertz CT molecular complexity index is 1110. The predicted octanol–water partition coefficient (Wildman–Crippen LogP) is 4.63. The zero-order valence-corrected chi connectivity index (χ0v) is 17.6. The maximum atomic E-state index is 13.0. The molecule has 1 aliphatic rings. The van der Waals surface area contributed by atoms with E-state index in [9.17, 15) is 9.59 Å². The molecule has 2 heterocycles. The number of nitrogens with zero attached hydrogens (tertiary/aromatic N) is 1. The molecule has 5 heteroatoms. The van der Waals surface area contributed by atoms with E-state index >= 15 is 0 Å². The second-order valence-corrected chi connectivity index (χ2v) is 8.61. The monoisotopic (exact) mass is 438 g/mol. The van der Waals surface area contributed by atoms with Crippen LogP contribution in [-0.2, 0) is 12.8 Å². The minimum absolute atomic E-state index is 0.0168. The van der Waals surface area contributed by atoms with Crippen LogP contribution in [0.5, 0.6) is 0 Å². The Kier molecular flexibility index (Phi) is 5.11. The molecule has 1 aromatic heterocycles. The van der Waals surface area contributed by atoms with Gasteiger partial charge in [0.25, 0.3) is 5.91 Å². The van der Waals surface area contributed by atoms with Crippen LogP contribution in [0, 0.1) is 0 Å². The maximum absolute atomic E-state index is 13.0. The van der Waals surface area contributed by atoms with Gasteiger partial charge in [0.05, 0.1) is 5.52 Å². The molecule has 0 aliphatic carbocycles. The van der Waals surface area contributed by atoms with Gasteiger partial charge in [-0.1, -0.05) is 46.3 Å². The lowest BCUT2D eigenvalue weighted by Crippen LogP contribution is -2.36. The van der Waals surface area contributed by atoms with Crippen molar-refractivity contribution in [3.05, 3.63) is 80.0 Å². The third-order valence-corrected chi connectivity index (χ3v) is 5.95. The summed E-state index contributed by atoms with van der Waals surface area (Å²) in [5.74, 6) is -0.295. The van der Waals surface area contributed by atoms with Gasteiger partial charge in [-0.15, -0.1) is 0 Å². The summed E-state index contributed by atoms with van der Waals surface area (Å²) >= 11 is 3.50. The van der Waals surface area contributed by atoms with Crippen molar-refractivity contribution in [2.75, 3.05) is 0 Å². The van der Waals surface area contributed by atoms with Crippen LogP contribution in [0.1, 0.15) is 47.8 Å². The van der Waals surface area contributed by atoms with Crippen molar-refractivity contribution in [2.45, 2.75) is 45.2 Å². The third-order valence-electron chi connectivity index (χ3n) is 5.49. The Hall–Kier alpha value is -2.40. The van der Waals surface area contributed by atoms with Gasteiger partial charge in [-0.05, 0) is 56.4 Å². The lowest BCUT2D eigenvalue weighted by Gasteiger charge is -2.16. The molecule has 0 saturated heterocycles. The normalized spacial score (nSPS) is 16.3. The first-order valence-corrected chi connectivity index (χ1v) is 10.5. The van der Waals surface area contributed by atoms with Gasteiger partial charge in [-0.2, -0.15) is 0 Å².